The second kappa shape index (κ2) is 10.7. The first kappa shape index (κ1) is 21.7. The van der Waals surface area contributed by atoms with Crippen molar-refractivity contribution in [2.45, 2.75) is 13.0 Å². The number of carbonyl (C=O) groups excluding carboxylic acids is 2. The second-order valence-electron chi connectivity index (χ2n) is 6.67. The summed E-state index contributed by atoms with van der Waals surface area (Å²) in [6, 6.07) is 15.9. The van der Waals surface area contributed by atoms with Crippen LogP contribution in [0.15, 0.2) is 77.9 Å². The molecule has 2 amide bonds. The molecule has 0 saturated heterocycles. The molecule has 0 aliphatic carbocycles. The summed E-state index contributed by atoms with van der Waals surface area (Å²) in [5.74, 6) is 0.730. The summed E-state index contributed by atoms with van der Waals surface area (Å²) < 4.78 is 16.0. The van der Waals surface area contributed by atoms with E-state index in [-0.39, 0.29) is 24.2 Å². The van der Waals surface area contributed by atoms with Gasteiger partial charge in [-0.15, -0.1) is 6.58 Å². The van der Waals surface area contributed by atoms with Gasteiger partial charge in [0.2, 0.25) is 0 Å². The van der Waals surface area contributed by atoms with Crippen molar-refractivity contribution in [3.63, 3.8) is 0 Å². The average molecular weight is 420 g/mol. The van der Waals surface area contributed by atoms with E-state index in [0.29, 0.717) is 23.7 Å². The standard InChI is InChI=1S/C24H24N2O5/c1-3-5-17-9-12-20(22(14-17)29-2)31-16-23(27)25-15-18-7-10-19(11-8-18)26-24(28)21-6-4-13-30-21/h3-4,6-14H,1,5,15-16H2,2H3,(H,25,27)(H,26,28). The van der Waals surface area contributed by atoms with E-state index in [0.717, 1.165) is 17.5 Å². The maximum Gasteiger partial charge on any atom is 0.291 e. The first-order chi connectivity index (χ1) is 15.1. The highest BCUT2D eigenvalue weighted by molar-refractivity contribution is 6.02. The van der Waals surface area contributed by atoms with E-state index in [1.807, 2.05) is 30.3 Å². The molecule has 0 radical (unpaired) electrons. The van der Waals surface area contributed by atoms with Crippen molar-refractivity contribution in [2.75, 3.05) is 19.0 Å². The van der Waals surface area contributed by atoms with E-state index in [1.54, 1.807) is 37.4 Å². The molecule has 1 heterocycles. The van der Waals surface area contributed by atoms with Gasteiger partial charge in [0.1, 0.15) is 0 Å². The van der Waals surface area contributed by atoms with Crippen molar-refractivity contribution in [2.24, 2.45) is 0 Å². The van der Waals surface area contributed by atoms with E-state index in [4.69, 9.17) is 13.9 Å². The number of rotatable bonds is 10. The molecule has 0 atom stereocenters. The number of allylic oxidation sites excluding steroid dienone is 1. The lowest BCUT2D eigenvalue weighted by Crippen LogP contribution is -2.28. The number of anilines is 1. The van der Waals surface area contributed by atoms with Crippen LogP contribution in [0.2, 0.25) is 0 Å². The SMILES string of the molecule is C=CCc1ccc(OCC(=O)NCc2ccc(NC(=O)c3ccco3)cc2)c(OC)c1. The maximum absolute atomic E-state index is 12.1. The van der Waals surface area contributed by atoms with Crippen molar-refractivity contribution in [1.82, 2.24) is 5.32 Å². The van der Waals surface area contributed by atoms with Gasteiger partial charge in [0.15, 0.2) is 23.9 Å². The lowest BCUT2D eigenvalue weighted by molar-refractivity contribution is -0.123. The van der Waals surface area contributed by atoms with Gasteiger partial charge in [-0.2, -0.15) is 0 Å². The Morgan fingerprint density at radius 2 is 1.84 bits per heavy atom. The molecule has 31 heavy (non-hydrogen) atoms. The summed E-state index contributed by atoms with van der Waals surface area (Å²) in [5, 5.41) is 5.54. The molecule has 2 aromatic carbocycles. The number of hydrogen-bond acceptors (Lipinski definition) is 5. The van der Waals surface area contributed by atoms with Gasteiger partial charge >= 0.3 is 0 Å². The minimum Gasteiger partial charge on any atom is -0.493 e. The molecule has 0 saturated carbocycles. The van der Waals surface area contributed by atoms with E-state index in [1.165, 1.54) is 6.26 Å². The number of amides is 2. The lowest BCUT2D eigenvalue weighted by Gasteiger charge is -2.12. The van der Waals surface area contributed by atoms with Crippen LogP contribution < -0.4 is 20.1 Å². The number of furan rings is 1. The van der Waals surface area contributed by atoms with Crippen LogP contribution in [0.4, 0.5) is 5.69 Å². The van der Waals surface area contributed by atoms with Gasteiger partial charge < -0.3 is 24.5 Å². The van der Waals surface area contributed by atoms with Crippen LogP contribution in [0.25, 0.3) is 0 Å². The van der Waals surface area contributed by atoms with Crippen LogP contribution in [-0.4, -0.2) is 25.5 Å². The molecule has 2 N–H and O–H groups in total. The summed E-state index contributed by atoms with van der Waals surface area (Å²) in [5.41, 5.74) is 2.56. The van der Waals surface area contributed by atoms with Crippen LogP contribution in [0, 0.1) is 0 Å². The molecule has 0 spiro atoms. The van der Waals surface area contributed by atoms with Gasteiger partial charge in [0.05, 0.1) is 13.4 Å². The zero-order valence-electron chi connectivity index (χ0n) is 17.2. The predicted octanol–water partition coefficient (Wildman–Crippen LogP) is 3.96. The highest BCUT2D eigenvalue weighted by atomic mass is 16.5. The summed E-state index contributed by atoms with van der Waals surface area (Å²) in [6.45, 7) is 3.93. The van der Waals surface area contributed by atoms with Gasteiger partial charge in [0, 0.05) is 12.2 Å². The molecule has 0 fully saturated rings. The summed E-state index contributed by atoms with van der Waals surface area (Å²) >= 11 is 0. The fourth-order valence-corrected chi connectivity index (χ4v) is 2.83. The van der Waals surface area contributed by atoms with E-state index >= 15 is 0 Å². The second-order valence-corrected chi connectivity index (χ2v) is 6.67. The summed E-state index contributed by atoms with van der Waals surface area (Å²) in [7, 11) is 1.56. The summed E-state index contributed by atoms with van der Waals surface area (Å²) in [4.78, 5) is 24.1. The van der Waals surface area contributed by atoms with Crippen LogP contribution in [0.1, 0.15) is 21.7 Å². The normalized spacial score (nSPS) is 10.2. The number of ether oxygens (including phenoxy) is 2. The quantitative estimate of drug-likeness (QED) is 0.485. The molecule has 0 aliphatic heterocycles. The Bertz CT molecular complexity index is 1030. The Labute approximate surface area is 180 Å². The van der Waals surface area contributed by atoms with Crippen molar-refractivity contribution in [1.29, 1.82) is 0 Å². The van der Waals surface area contributed by atoms with Crippen LogP contribution >= 0.6 is 0 Å². The van der Waals surface area contributed by atoms with Crippen LogP contribution in [0.5, 0.6) is 11.5 Å². The topological polar surface area (TPSA) is 89.8 Å². The maximum atomic E-state index is 12.1. The van der Waals surface area contributed by atoms with Crippen molar-refractivity contribution < 1.29 is 23.5 Å². The molecule has 1 aromatic heterocycles. The van der Waals surface area contributed by atoms with Gasteiger partial charge in [0.25, 0.3) is 11.8 Å². The minimum atomic E-state index is -0.323. The molecule has 3 rings (SSSR count). The number of nitrogens with one attached hydrogen (secondary N) is 2. The monoisotopic (exact) mass is 420 g/mol. The third-order valence-corrected chi connectivity index (χ3v) is 4.41. The van der Waals surface area contributed by atoms with E-state index in [9.17, 15) is 9.59 Å². The molecule has 0 bridgehead atoms. The fourth-order valence-electron chi connectivity index (χ4n) is 2.83. The van der Waals surface area contributed by atoms with Crippen molar-refractivity contribution in [3.05, 3.63) is 90.4 Å². The van der Waals surface area contributed by atoms with E-state index < -0.39 is 0 Å². The zero-order valence-corrected chi connectivity index (χ0v) is 17.2. The molecular formula is C24H24N2O5. The Balaban J connectivity index is 1.46. The molecule has 7 nitrogen and oxygen atoms in total. The number of hydrogen-bond donors (Lipinski definition) is 2. The van der Waals surface area contributed by atoms with Gasteiger partial charge in [-0.3, -0.25) is 9.59 Å². The molecule has 0 unspecified atom stereocenters. The third-order valence-electron chi connectivity index (χ3n) is 4.41. The van der Waals surface area contributed by atoms with E-state index in [2.05, 4.69) is 17.2 Å². The highest BCUT2D eigenvalue weighted by Gasteiger charge is 2.10. The summed E-state index contributed by atoms with van der Waals surface area (Å²) in [6.07, 6.45) is 3.98. The average Bonchev–Trinajstić information content (AvgIpc) is 3.33. The zero-order chi connectivity index (χ0) is 22.1. The highest BCUT2D eigenvalue weighted by Crippen LogP contribution is 2.28. The lowest BCUT2D eigenvalue weighted by atomic mass is 10.1. The van der Waals surface area contributed by atoms with Gasteiger partial charge in [-0.05, 0) is 53.9 Å². The minimum absolute atomic E-state index is 0.131. The van der Waals surface area contributed by atoms with Crippen LogP contribution in [0.3, 0.4) is 0 Å². The Morgan fingerprint density at radius 3 is 2.52 bits per heavy atom. The Kier molecular flexibility index (Phi) is 7.48. The van der Waals surface area contributed by atoms with Crippen molar-refractivity contribution in [3.8, 4) is 11.5 Å². The third kappa shape index (κ3) is 6.24. The smallest absolute Gasteiger partial charge is 0.291 e. The Hall–Kier alpha value is -4.00. The Morgan fingerprint density at radius 1 is 1.06 bits per heavy atom. The molecule has 7 heteroatoms. The first-order valence-corrected chi connectivity index (χ1v) is 9.70. The first-order valence-electron chi connectivity index (χ1n) is 9.70. The largest absolute Gasteiger partial charge is 0.493 e. The number of methoxy groups -OCH3 is 1. The number of benzene rings is 2. The molecular weight excluding hydrogens is 396 g/mol. The predicted molar refractivity (Wildman–Crippen MR) is 117 cm³/mol. The molecule has 160 valence electrons. The molecule has 0 aliphatic rings. The fraction of sp³-hybridized carbons (Fsp3) is 0.167. The van der Waals surface area contributed by atoms with Crippen molar-refractivity contribution >= 4 is 17.5 Å². The van der Waals surface area contributed by atoms with Gasteiger partial charge in [-0.25, -0.2) is 0 Å². The molecule has 3 aromatic rings. The van der Waals surface area contributed by atoms with Gasteiger partial charge in [-0.1, -0.05) is 24.3 Å². The number of carbonyl (C=O) groups is 2. The van der Waals surface area contributed by atoms with Crippen LogP contribution in [-0.2, 0) is 17.8 Å².